The van der Waals surface area contributed by atoms with Crippen molar-refractivity contribution in [3.63, 3.8) is 0 Å². The van der Waals surface area contributed by atoms with Crippen LogP contribution in [0.4, 0.5) is 0 Å². The average molecular weight is 419 g/mol. The van der Waals surface area contributed by atoms with Crippen molar-refractivity contribution in [3.8, 4) is 0 Å². The first-order valence-electron chi connectivity index (χ1n) is 11.3. The fourth-order valence-electron chi connectivity index (χ4n) is 2.31. The molecule has 6 nitrogen and oxygen atoms in total. The van der Waals surface area contributed by atoms with Crippen LogP contribution in [0.3, 0.4) is 0 Å². The van der Waals surface area contributed by atoms with E-state index in [0.29, 0.717) is 31.8 Å². The molecule has 1 N–H and O–H groups in total. The molecule has 0 saturated carbocycles. The van der Waals surface area contributed by atoms with Crippen molar-refractivity contribution >= 4 is 11.9 Å². The molecule has 0 aromatic heterocycles. The van der Waals surface area contributed by atoms with Crippen LogP contribution in [0.15, 0.2) is 0 Å². The Morgan fingerprint density at radius 3 is 1.41 bits per heavy atom. The van der Waals surface area contributed by atoms with E-state index in [9.17, 15) is 9.59 Å². The molecule has 0 saturated heterocycles. The van der Waals surface area contributed by atoms with Gasteiger partial charge in [0.05, 0.1) is 18.8 Å². The molecule has 0 radical (unpaired) electrons. The van der Waals surface area contributed by atoms with Crippen LogP contribution >= 0.6 is 0 Å². The predicted molar refractivity (Wildman–Crippen MR) is 116 cm³/mol. The molecule has 0 aliphatic heterocycles. The zero-order valence-corrected chi connectivity index (χ0v) is 19.9. The zero-order valence-electron chi connectivity index (χ0n) is 19.9. The lowest BCUT2D eigenvalue weighted by Crippen LogP contribution is -2.13. The first-order chi connectivity index (χ1) is 13.6. The van der Waals surface area contributed by atoms with E-state index in [-0.39, 0.29) is 24.1 Å². The molecule has 0 aromatic rings. The molecule has 0 bridgehead atoms. The van der Waals surface area contributed by atoms with E-state index < -0.39 is 6.29 Å². The molecular weight excluding hydrogens is 372 g/mol. The van der Waals surface area contributed by atoms with Crippen LogP contribution in [-0.2, 0) is 23.8 Å². The normalized spacial score (nSPS) is 12.0. The molecule has 0 aliphatic carbocycles. The van der Waals surface area contributed by atoms with Gasteiger partial charge in [-0.15, -0.1) is 0 Å². The van der Waals surface area contributed by atoms with Crippen LogP contribution in [0, 0.1) is 5.92 Å². The van der Waals surface area contributed by atoms with Crippen LogP contribution in [0.25, 0.3) is 0 Å². The van der Waals surface area contributed by atoms with Gasteiger partial charge >= 0.3 is 11.9 Å². The van der Waals surface area contributed by atoms with E-state index in [1.54, 1.807) is 0 Å². The van der Waals surface area contributed by atoms with E-state index in [2.05, 4.69) is 13.8 Å². The fraction of sp³-hybridized carbons (Fsp3) is 0.913. The van der Waals surface area contributed by atoms with Crippen LogP contribution < -0.4 is 0 Å². The summed E-state index contributed by atoms with van der Waals surface area (Å²) in [6.45, 7) is 14.1. The minimum Gasteiger partial charge on any atom is -0.463 e. The number of carbonyl (C=O) groups excluding carboxylic acids is 2. The fourth-order valence-corrected chi connectivity index (χ4v) is 2.31. The monoisotopic (exact) mass is 418 g/mol. The van der Waals surface area contributed by atoms with E-state index in [1.807, 2.05) is 34.6 Å². The minimum absolute atomic E-state index is 0.0203. The summed E-state index contributed by atoms with van der Waals surface area (Å²) in [6.07, 6.45) is 7.18. The molecular formula is C23H46O6. The maximum absolute atomic E-state index is 11.3. The summed E-state index contributed by atoms with van der Waals surface area (Å²) in [7, 11) is 0. The van der Waals surface area contributed by atoms with Crippen molar-refractivity contribution in [2.45, 2.75) is 125 Å². The lowest BCUT2D eigenvalue weighted by atomic mass is 10.1. The van der Waals surface area contributed by atoms with Gasteiger partial charge in [0.2, 0.25) is 0 Å². The molecule has 29 heavy (non-hydrogen) atoms. The zero-order chi connectivity index (χ0) is 22.7. The summed E-state index contributed by atoms with van der Waals surface area (Å²) in [6, 6.07) is 0. The maximum Gasteiger partial charge on any atom is 0.306 e. The summed E-state index contributed by atoms with van der Waals surface area (Å²) >= 11 is 0. The standard InChI is InChI=1S/C16H30O4.C7H16O2/c1-13(2)19-15(17)11-9-7-5-6-8-10-12-16(18)20-14(3)4;1-4-7(8)9-5-6(2)3/h13-14H,5-12H2,1-4H3;6-8H,4-5H2,1-3H3. The number of aliphatic hydroxyl groups is 1. The van der Waals surface area contributed by atoms with Gasteiger partial charge in [-0.25, -0.2) is 0 Å². The Kier molecular flexibility index (Phi) is 20.9. The molecule has 1 unspecified atom stereocenters. The van der Waals surface area contributed by atoms with Crippen LogP contribution in [0.5, 0.6) is 0 Å². The van der Waals surface area contributed by atoms with E-state index in [4.69, 9.17) is 19.3 Å². The van der Waals surface area contributed by atoms with Gasteiger partial charge in [-0.2, -0.15) is 0 Å². The maximum atomic E-state index is 11.3. The van der Waals surface area contributed by atoms with Crippen LogP contribution in [0.2, 0.25) is 0 Å². The number of hydrogen-bond acceptors (Lipinski definition) is 6. The largest absolute Gasteiger partial charge is 0.463 e. The van der Waals surface area contributed by atoms with Crippen LogP contribution in [-0.4, -0.2) is 42.1 Å². The summed E-state index contributed by atoms with van der Waals surface area (Å²) in [4.78, 5) is 22.6. The number of aliphatic hydroxyl groups excluding tert-OH is 1. The second-order valence-electron chi connectivity index (χ2n) is 8.29. The topological polar surface area (TPSA) is 82.1 Å². The number of rotatable bonds is 15. The van der Waals surface area contributed by atoms with E-state index in [1.165, 1.54) is 0 Å². The third-order valence-electron chi connectivity index (χ3n) is 3.72. The van der Waals surface area contributed by atoms with E-state index in [0.717, 1.165) is 38.5 Å². The summed E-state index contributed by atoms with van der Waals surface area (Å²) in [5.41, 5.74) is 0. The molecule has 0 fully saturated rings. The van der Waals surface area contributed by atoms with Crippen molar-refractivity contribution in [1.29, 1.82) is 0 Å². The van der Waals surface area contributed by atoms with Crippen molar-refractivity contribution in [2.75, 3.05) is 6.61 Å². The molecule has 0 spiro atoms. The Labute approximate surface area is 178 Å². The van der Waals surface area contributed by atoms with Crippen LogP contribution in [0.1, 0.15) is 106 Å². The van der Waals surface area contributed by atoms with Crippen molar-refractivity contribution < 1.29 is 28.9 Å². The van der Waals surface area contributed by atoms with Crippen molar-refractivity contribution in [3.05, 3.63) is 0 Å². The number of hydrogen-bond donors (Lipinski definition) is 1. The van der Waals surface area contributed by atoms with Gasteiger partial charge < -0.3 is 19.3 Å². The Morgan fingerprint density at radius 2 is 1.10 bits per heavy atom. The molecule has 0 aromatic carbocycles. The quantitative estimate of drug-likeness (QED) is 0.218. The first-order valence-corrected chi connectivity index (χ1v) is 11.3. The summed E-state index contributed by atoms with van der Waals surface area (Å²) in [5.74, 6) is 0.305. The minimum atomic E-state index is -0.563. The van der Waals surface area contributed by atoms with Gasteiger partial charge in [-0.05, 0) is 52.9 Å². The molecule has 0 amide bonds. The Balaban J connectivity index is 0. The Morgan fingerprint density at radius 1 is 0.724 bits per heavy atom. The lowest BCUT2D eigenvalue weighted by Gasteiger charge is -2.10. The number of unbranched alkanes of at least 4 members (excludes halogenated alkanes) is 5. The lowest BCUT2D eigenvalue weighted by molar-refractivity contribution is -0.148. The van der Waals surface area contributed by atoms with Gasteiger partial charge in [-0.3, -0.25) is 9.59 Å². The Bertz CT molecular complexity index is 365. The predicted octanol–water partition coefficient (Wildman–Crippen LogP) is 5.40. The number of ether oxygens (including phenoxy) is 3. The SMILES string of the molecule is CC(C)OC(=O)CCCCCCCCC(=O)OC(C)C.CCC(O)OCC(C)C. The van der Waals surface area contributed by atoms with Gasteiger partial charge in [0.15, 0.2) is 6.29 Å². The highest BCUT2D eigenvalue weighted by Gasteiger charge is 2.06. The number of carbonyl (C=O) groups is 2. The highest BCUT2D eigenvalue weighted by molar-refractivity contribution is 5.69. The van der Waals surface area contributed by atoms with E-state index >= 15 is 0 Å². The Hall–Kier alpha value is -1.14. The molecule has 0 rings (SSSR count). The van der Waals surface area contributed by atoms with Gasteiger partial charge in [0.25, 0.3) is 0 Å². The third-order valence-corrected chi connectivity index (χ3v) is 3.72. The molecule has 0 aliphatic rings. The molecule has 6 heteroatoms. The smallest absolute Gasteiger partial charge is 0.306 e. The first kappa shape index (κ1) is 30.1. The molecule has 1 atom stereocenters. The van der Waals surface area contributed by atoms with Crippen molar-refractivity contribution in [1.82, 2.24) is 0 Å². The highest BCUT2D eigenvalue weighted by Crippen LogP contribution is 2.10. The van der Waals surface area contributed by atoms with Gasteiger partial charge in [0, 0.05) is 12.8 Å². The average Bonchev–Trinajstić information content (AvgIpc) is 2.61. The second kappa shape index (κ2) is 20.1. The van der Waals surface area contributed by atoms with Gasteiger partial charge in [-0.1, -0.05) is 46.5 Å². The second-order valence-corrected chi connectivity index (χ2v) is 8.29. The summed E-state index contributed by atoms with van der Waals surface area (Å²) < 4.78 is 15.1. The number of esters is 2. The third kappa shape index (κ3) is 26.9. The highest BCUT2D eigenvalue weighted by atomic mass is 16.6. The van der Waals surface area contributed by atoms with Crippen molar-refractivity contribution in [2.24, 2.45) is 5.92 Å². The summed E-state index contributed by atoms with van der Waals surface area (Å²) in [5, 5.41) is 8.88. The molecule has 0 heterocycles. The molecule has 174 valence electrons. The van der Waals surface area contributed by atoms with Gasteiger partial charge in [0.1, 0.15) is 0 Å².